The van der Waals surface area contributed by atoms with E-state index in [0.717, 1.165) is 11.3 Å². The molecule has 0 amide bonds. The maximum Gasteiger partial charge on any atom is 0.148 e. The van der Waals surface area contributed by atoms with Crippen molar-refractivity contribution in [1.82, 2.24) is 5.32 Å². The van der Waals surface area contributed by atoms with Gasteiger partial charge >= 0.3 is 0 Å². The molecule has 0 unspecified atom stereocenters. The maximum atomic E-state index is 11.0. The number of ether oxygens (including phenoxy) is 1. The molecule has 4 nitrogen and oxygen atoms in total. The average Bonchev–Trinajstić information content (AvgIpc) is 2.34. The minimum atomic E-state index is -2.89. The summed E-state index contributed by atoms with van der Waals surface area (Å²) in [7, 11) is -2.89. The molecule has 0 fully saturated rings. The molecule has 0 aliphatic rings. The van der Waals surface area contributed by atoms with Crippen molar-refractivity contribution < 1.29 is 13.2 Å². The number of benzene rings is 1. The highest BCUT2D eigenvalue weighted by Gasteiger charge is 2.05. The molecule has 1 aromatic rings. The smallest absolute Gasteiger partial charge is 0.148 e. The molecule has 0 atom stereocenters. The third-order valence-corrected chi connectivity index (χ3v) is 4.01. The number of nitrogens with one attached hydrogen (secondary N) is 1. The zero-order valence-corrected chi connectivity index (χ0v) is 13.6. The fourth-order valence-electron chi connectivity index (χ4n) is 1.75. The molecule has 1 rings (SSSR count). The summed E-state index contributed by atoms with van der Waals surface area (Å²) in [5.74, 6) is 1.54. The van der Waals surface area contributed by atoms with Gasteiger partial charge in [-0.2, -0.15) is 0 Å². The Morgan fingerprint density at radius 2 is 1.95 bits per heavy atom. The highest BCUT2D eigenvalue weighted by atomic mass is 32.2. The average molecular weight is 299 g/mol. The van der Waals surface area contributed by atoms with Gasteiger partial charge in [0.2, 0.25) is 0 Å². The maximum absolute atomic E-state index is 11.0. The molecule has 0 saturated carbocycles. The highest BCUT2D eigenvalue weighted by molar-refractivity contribution is 7.90. The molecule has 5 heteroatoms. The van der Waals surface area contributed by atoms with Crippen LogP contribution in [0.15, 0.2) is 18.2 Å². The SMILES string of the molecule is Cc1ccc(C(C)C)cc1OCCNCCS(C)(=O)=O. The fraction of sp³-hybridized carbons (Fsp3) is 0.600. The molecular weight excluding hydrogens is 274 g/mol. The van der Waals surface area contributed by atoms with Gasteiger partial charge in [0.1, 0.15) is 22.2 Å². The van der Waals surface area contributed by atoms with Gasteiger partial charge in [0, 0.05) is 19.3 Å². The van der Waals surface area contributed by atoms with Gasteiger partial charge in [-0.05, 0) is 30.0 Å². The van der Waals surface area contributed by atoms with E-state index >= 15 is 0 Å². The Morgan fingerprint density at radius 1 is 1.25 bits per heavy atom. The van der Waals surface area contributed by atoms with Crippen LogP contribution in [0.2, 0.25) is 0 Å². The molecule has 0 heterocycles. The Kier molecular flexibility index (Phi) is 6.49. The Hall–Kier alpha value is -1.07. The van der Waals surface area contributed by atoms with Gasteiger partial charge in [-0.3, -0.25) is 0 Å². The van der Waals surface area contributed by atoms with Gasteiger partial charge in [0.15, 0.2) is 0 Å². The van der Waals surface area contributed by atoms with E-state index in [1.807, 2.05) is 6.92 Å². The van der Waals surface area contributed by atoms with E-state index < -0.39 is 9.84 Å². The minimum Gasteiger partial charge on any atom is -0.492 e. The summed E-state index contributed by atoms with van der Waals surface area (Å²) >= 11 is 0. The van der Waals surface area contributed by atoms with Gasteiger partial charge in [-0.15, -0.1) is 0 Å². The van der Waals surface area contributed by atoms with Crippen molar-refractivity contribution in [3.05, 3.63) is 29.3 Å². The van der Waals surface area contributed by atoms with Crippen LogP contribution in [0.5, 0.6) is 5.75 Å². The molecule has 0 spiro atoms. The van der Waals surface area contributed by atoms with Gasteiger partial charge in [-0.25, -0.2) is 8.42 Å². The van der Waals surface area contributed by atoms with E-state index in [9.17, 15) is 8.42 Å². The summed E-state index contributed by atoms with van der Waals surface area (Å²) in [6.45, 7) is 7.97. The Morgan fingerprint density at radius 3 is 2.55 bits per heavy atom. The van der Waals surface area contributed by atoms with E-state index in [-0.39, 0.29) is 5.75 Å². The van der Waals surface area contributed by atoms with E-state index in [4.69, 9.17) is 4.74 Å². The predicted octanol–water partition coefficient (Wildman–Crippen LogP) is 2.13. The standard InChI is InChI=1S/C15H25NO3S/c1-12(2)14-6-5-13(3)15(11-14)19-9-7-16-8-10-20(4,17)18/h5-6,11-12,16H,7-10H2,1-4H3. The Balaban J connectivity index is 2.37. The molecule has 1 N–H and O–H groups in total. The van der Waals surface area contributed by atoms with Crippen molar-refractivity contribution in [2.24, 2.45) is 0 Å². The lowest BCUT2D eigenvalue weighted by Gasteiger charge is -2.13. The molecule has 0 aliphatic carbocycles. The van der Waals surface area contributed by atoms with Crippen LogP contribution < -0.4 is 10.1 Å². The monoisotopic (exact) mass is 299 g/mol. The lowest BCUT2D eigenvalue weighted by atomic mass is 10.0. The van der Waals surface area contributed by atoms with Crippen molar-refractivity contribution in [3.8, 4) is 5.75 Å². The fourth-order valence-corrected chi connectivity index (χ4v) is 2.26. The van der Waals surface area contributed by atoms with Gasteiger partial charge in [0.25, 0.3) is 0 Å². The number of rotatable bonds is 8. The summed E-state index contributed by atoms with van der Waals surface area (Å²) in [5, 5.41) is 3.06. The first-order chi connectivity index (χ1) is 9.29. The summed E-state index contributed by atoms with van der Waals surface area (Å²) in [6.07, 6.45) is 1.24. The van der Waals surface area contributed by atoms with Gasteiger partial charge in [0.05, 0.1) is 5.75 Å². The quantitative estimate of drug-likeness (QED) is 0.747. The van der Waals surface area contributed by atoms with Crippen LogP contribution in [0.1, 0.15) is 30.9 Å². The number of aryl methyl sites for hydroxylation is 1. The number of hydrogen-bond acceptors (Lipinski definition) is 4. The molecule has 0 bridgehead atoms. The van der Waals surface area contributed by atoms with Crippen molar-refractivity contribution in [1.29, 1.82) is 0 Å². The molecule has 1 aromatic carbocycles. The highest BCUT2D eigenvalue weighted by Crippen LogP contribution is 2.24. The van der Waals surface area contributed by atoms with E-state index in [0.29, 0.717) is 25.6 Å². The van der Waals surface area contributed by atoms with Crippen LogP contribution in [0, 0.1) is 6.92 Å². The van der Waals surface area contributed by atoms with Crippen molar-refractivity contribution in [3.63, 3.8) is 0 Å². The van der Waals surface area contributed by atoms with Crippen LogP contribution in [-0.4, -0.2) is 40.1 Å². The van der Waals surface area contributed by atoms with Crippen LogP contribution in [-0.2, 0) is 9.84 Å². The van der Waals surface area contributed by atoms with Crippen LogP contribution in [0.25, 0.3) is 0 Å². The second kappa shape index (κ2) is 7.64. The van der Waals surface area contributed by atoms with Crippen LogP contribution in [0.3, 0.4) is 0 Å². The second-order valence-electron chi connectivity index (χ2n) is 5.41. The largest absolute Gasteiger partial charge is 0.492 e. The normalized spacial score (nSPS) is 11.8. The Bertz CT molecular complexity index is 524. The topological polar surface area (TPSA) is 55.4 Å². The Labute approximate surface area is 122 Å². The van der Waals surface area contributed by atoms with Gasteiger partial charge in [-0.1, -0.05) is 26.0 Å². The number of hydrogen-bond donors (Lipinski definition) is 1. The summed E-state index contributed by atoms with van der Waals surface area (Å²) in [4.78, 5) is 0. The predicted molar refractivity (Wildman–Crippen MR) is 83.3 cm³/mol. The molecule has 0 radical (unpaired) electrons. The van der Waals surface area contributed by atoms with E-state index in [1.54, 1.807) is 0 Å². The van der Waals surface area contributed by atoms with Crippen molar-refractivity contribution >= 4 is 9.84 Å². The van der Waals surface area contributed by atoms with Crippen molar-refractivity contribution in [2.45, 2.75) is 26.7 Å². The molecular formula is C15H25NO3S. The zero-order chi connectivity index (χ0) is 15.2. The molecule has 20 heavy (non-hydrogen) atoms. The molecule has 114 valence electrons. The third-order valence-electron chi connectivity index (χ3n) is 3.06. The lowest BCUT2D eigenvalue weighted by molar-refractivity contribution is 0.313. The van der Waals surface area contributed by atoms with Crippen LogP contribution in [0.4, 0.5) is 0 Å². The summed E-state index contributed by atoms with van der Waals surface area (Å²) in [6, 6.07) is 6.27. The zero-order valence-electron chi connectivity index (χ0n) is 12.8. The first-order valence-electron chi connectivity index (χ1n) is 6.91. The molecule has 0 aromatic heterocycles. The minimum absolute atomic E-state index is 0.162. The number of sulfone groups is 1. The first-order valence-corrected chi connectivity index (χ1v) is 8.97. The molecule has 0 saturated heterocycles. The third kappa shape index (κ3) is 6.39. The summed E-state index contributed by atoms with van der Waals surface area (Å²) in [5.41, 5.74) is 2.38. The summed E-state index contributed by atoms with van der Waals surface area (Å²) < 4.78 is 27.7. The molecule has 0 aliphatic heterocycles. The van der Waals surface area contributed by atoms with Crippen LogP contribution >= 0.6 is 0 Å². The van der Waals surface area contributed by atoms with E-state index in [1.165, 1.54) is 11.8 Å². The first kappa shape index (κ1) is 17.0. The van der Waals surface area contributed by atoms with Crippen molar-refractivity contribution in [2.75, 3.05) is 31.7 Å². The van der Waals surface area contributed by atoms with Gasteiger partial charge < -0.3 is 10.1 Å². The van der Waals surface area contributed by atoms with E-state index in [2.05, 4.69) is 37.4 Å². The second-order valence-corrected chi connectivity index (χ2v) is 7.67. The lowest BCUT2D eigenvalue weighted by Crippen LogP contribution is -2.26.